The summed E-state index contributed by atoms with van der Waals surface area (Å²) in [5.41, 5.74) is -11.2. The van der Waals surface area contributed by atoms with Crippen molar-refractivity contribution in [1.82, 2.24) is 0 Å². The molecule has 1 aromatic heterocycles. The summed E-state index contributed by atoms with van der Waals surface area (Å²) in [6, 6.07) is 10.1. The number of benzene rings is 5. The first-order chi connectivity index (χ1) is 27.5. The van der Waals surface area contributed by atoms with Gasteiger partial charge in [0.15, 0.2) is 80.7 Å². The maximum Gasteiger partial charge on any atom is 0.305 e. The lowest BCUT2D eigenvalue weighted by Gasteiger charge is -2.44. The Morgan fingerprint density at radius 3 is 0.831 bits per heavy atom. The number of rotatable bonds is 6. The van der Waals surface area contributed by atoms with Gasteiger partial charge in [0.2, 0.25) is 5.51 Å². The molecule has 1 nitrogen and oxygen atoms in total. The molecular formula is C34H8BCl2F20NS. The molecule has 25 heteroatoms. The Morgan fingerprint density at radius 1 is 0.373 bits per heavy atom. The molecule has 0 aliphatic carbocycles. The van der Waals surface area contributed by atoms with E-state index in [1.54, 1.807) is 0 Å². The summed E-state index contributed by atoms with van der Waals surface area (Å²) < 4.78 is 297. The highest BCUT2D eigenvalue weighted by molar-refractivity contribution is 7.20. The number of hydrogen-bond acceptors (Lipinski definition) is 1. The van der Waals surface area contributed by atoms with Gasteiger partial charge in [-0.15, -0.1) is 21.9 Å². The van der Waals surface area contributed by atoms with E-state index in [0.29, 0.717) is 9.49 Å². The third-order valence-electron chi connectivity index (χ3n) is 8.60. The molecule has 6 aromatic rings. The van der Waals surface area contributed by atoms with Crippen LogP contribution in [-0.4, -0.2) is 6.15 Å². The minimum Gasteiger partial charge on any atom is -0.207 e. The van der Waals surface area contributed by atoms with Gasteiger partial charge in [-0.05, 0) is 11.6 Å². The van der Waals surface area contributed by atoms with Gasteiger partial charge in [-0.2, -0.15) is 4.57 Å². The van der Waals surface area contributed by atoms with Crippen LogP contribution in [0.1, 0.15) is 5.56 Å². The molecule has 0 unspecified atom stereocenters. The second kappa shape index (κ2) is 16.6. The smallest absolute Gasteiger partial charge is 0.207 e. The zero-order valence-electron chi connectivity index (χ0n) is 27.4. The second-order valence-corrected chi connectivity index (χ2v) is 13.5. The lowest BCUT2D eigenvalue weighted by Crippen LogP contribution is -2.81. The van der Waals surface area contributed by atoms with Gasteiger partial charge < -0.3 is 0 Å². The van der Waals surface area contributed by atoms with Crippen molar-refractivity contribution in [2.24, 2.45) is 0 Å². The lowest BCUT2D eigenvalue weighted by atomic mass is 9.12. The normalized spacial score (nSPS) is 11.6. The van der Waals surface area contributed by atoms with E-state index < -0.39 is 144 Å². The molecule has 59 heavy (non-hydrogen) atoms. The first-order valence-corrected chi connectivity index (χ1v) is 16.7. The van der Waals surface area contributed by atoms with Crippen molar-refractivity contribution in [1.29, 1.82) is 0 Å². The molecule has 0 amide bonds. The first-order valence-electron chi connectivity index (χ1n) is 15.1. The minimum absolute atomic E-state index is 0.612. The summed E-state index contributed by atoms with van der Waals surface area (Å²) in [5.74, 6) is -71.4. The van der Waals surface area contributed by atoms with Gasteiger partial charge in [-0.3, -0.25) is 0 Å². The highest BCUT2D eigenvalue weighted by Gasteiger charge is 2.52. The number of aromatic nitrogens is 1. The van der Waals surface area contributed by atoms with Crippen LogP contribution >= 0.6 is 34.5 Å². The van der Waals surface area contributed by atoms with Crippen LogP contribution in [-0.2, 0) is 6.54 Å². The van der Waals surface area contributed by atoms with E-state index in [0.717, 1.165) is 6.54 Å². The van der Waals surface area contributed by atoms with Crippen LogP contribution in [0.15, 0.2) is 35.8 Å². The Balaban J connectivity index is 0.000000395. The SMILES string of the molecule is Clc1sc[n+](Cc2ccccc2)c1Cl.Fc1c(F)c(F)c([B-](c2c(F)c(F)c(F)c(F)c2F)(c2c(F)c(F)c(F)c(F)c2F)c2c(F)c(F)c(F)c(F)c2F)c(F)c1F. The summed E-state index contributed by atoms with van der Waals surface area (Å²) in [5, 5.41) is 0.612. The van der Waals surface area contributed by atoms with Crippen molar-refractivity contribution >= 4 is 62.5 Å². The van der Waals surface area contributed by atoms with Crippen molar-refractivity contribution < 1.29 is 92.4 Å². The minimum atomic E-state index is -7.22. The summed E-state index contributed by atoms with van der Waals surface area (Å²) >= 11 is 13.3. The highest BCUT2D eigenvalue weighted by Crippen LogP contribution is 2.31. The number of halogens is 22. The zero-order valence-corrected chi connectivity index (χ0v) is 29.7. The first kappa shape index (κ1) is 45.1. The van der Waals surface area contributed by atoms with Gasteiger partial charge >= 0.3 is 5.15 Å². The largest absolute Gasteiger partial charge is 0.305 e. The Hall–Kier alpha value is -5.03. The standard InChI is InChI=1S/C24BF20.C10H8Cl2NS/c26-5-1(6(27)14(35)21(42)13(5)34)25(2-7(28)15(36)22(43)16(37)8(2)29,3-9(30)17(38)23(44)18(39)10(3)31)4-11(32)19(40)24(45)20(41)12(4)33;11-9-10(12)14-7-13(9)6-8-4-2-1-3-5-8/h;1-5,7H,6H2/q-1;+1. The summed E-state index contributed by atoms with van der Waals surface area (Å²) in [4.78, 5) is 0. The van der Waals surface area contributed by atoms with Gasteiger partial charge in [0.1, 0.15) is 52.7 Å². The molecule has 312 valence electrons. The van der Waals surface area contributed by atoms with E-state index in [1.807, 2.05) is 28.3 Å². The zero-order chi connectivity index (χ0) is 44.3. The predicted octanol–water partition coefficient (Wildman–Crippen LogP) is 9.24. The molecule has 6 rings (SSSR count). The van der Waals surface area contributed by atoms with Crippen LogP contribution in [0, 0.1) is 116 Å². The summed E-state index contributed by atoms with van der Waals surface area (Å²) in [6.07, 6.45) is -7.22. The number of hydrogen-bond donors (Lipinski definition) is 0. The van der Waals surface area contributed by atoms with Gasteiger partial charge in [0, 0.05) is 5.56 Å². The molecule has 0 saturated heterocycles. The Morgan fingerprint density at radius 2 is 0.610 bits per heavy atom. The topological polar surface area (TPSA) is 3.88 Å². The average molecular weight is 924 g/mol. The predicted molar refractivity (Wildman–Crippen MR) is 169 cm³/mol. The molecule has 0 spiro atoms. The molecule has 0 atom stereocenters. The Labute approximate surface area is 328 Å². The molecule has 0 radical (unpaired) electrons. The van der Waals surface area contributed by atoms with Crippen molar-refractivity contribution in [2.75, 3.05) is 0 Å². The molecule has 0 aliphatic rings. The van der Waals surface area contributed by atoms with Crippen LogP contribution in [0.2, 0.25) is 9.49 Å². The van der Waals surface area contributed by atoms with Crippen LogP contribution in [0.3, 0.4) is 0 Å². The summed E-state index contributed by atoms with van der Waals surface area (Å²) in [6.45, 7) is 0.767. The third kappa shape index (κ3) is 7.03. The fourth-order valence-electron chi connectivity index (χ4n) is 6.08. The fourth-order valence-corrected chi connectivity index (χ4v) is 7.22. The maximum atomic E-state index is 15.4. The molecule has 5 aromatic carbocycles. The number of nitrogens with zero attached hydrogens (tertiary/aromatic N) is 1. The van der Waals surface area contributed by atoms with E-state index in [9.17, 15) is 52.7 Å². The molecule has 0 saturated carbocycles. The summed E-state index contributed by atoms with van der Waals surface area (Å²) in [7, 11) is 0. The van der Waals surface area contributed by atoms with E-state index in [1.165, 1.54) is 16.9 Å². The monoisotopic (exact) mass is 923 g/mol. The van der Waals surface area contributed by atoms with Crippen LogP contribution < -0.4 is 26.4 Å². The second-order valence-electron chi connectivity index (χ2n) is 11.7. The molecule has 0 fully saturated rings. The van der Waals surface area contributed by atoms with Crippen LogP contribution in [0.5, 0.6) is 0 Å². The molecule has 0 aliphatic heterocycles. The number of thiazole rings is 1. The van der Waals surface area contributed by atoms with Crippen LogP contribution in [0.4, 0.5) is 87.8 Å². The van der Waals surface area contributed by atoms with E-state index in [-0.39, 0.29) is 0 Å². The molecule has 0 bridgehead atoms. The van der Waals surface area contributed by atoms with Gasteiger partial charge in [-0.1, -0.05) is 53.3 Å². The maximum absolute atomic E-state index is 15.4. The van der Waals surface area contributed by atoms with Crippen molar-refractivity contribution in [3.05, 3.63) is 167 Å². The Bertz CT molecular complexity index is 2290. The van der Waals surface area contributed by atoms with Crippen molar-refractivity contribution in [3.63, 3.8) is 0 Å². The van der Waals surface area contributed by atoms with E-state index in [2.05, 4.69) is 12.1 Å². The molecular weight excluding hydrogens is 916 g/mol. The third-order valence-corrected chi connectivity index (χ3v) is 10.4. The Kier molecular flexibility index (Phi) is 12.6. The van der Waals surface area contributed by atoms with Gasteiger partial charge in [-0.25, -0.2) is 87.8 Å². The van der Waals surface area contributed by atoms with Crippen LogP contribution in [0.25, 0.3) is 0 Å². The van der Waals surface area contributed by atoms with Gasteiger partial charge in [0.05, 0.1) is 0 Å². The van der Waals surface area contributed by atoms with Crippen molar-refractivity contribution in [3.8, 4) is 0 Å². The quantitative estimate of drug-likeness (QED) is 0.0516. The molecule has 1 heterocycles. The fraction of sp³-hybridized carbons (Fsp3) is 0.0294. The molecule has 0 N–H and O–H groups in total. The van der Waals surface area contributed by atoms with Gasteiger partial charge in [0.25, 0.3) is 0 Å². The lowest BCUT2D eigenvalue weighted by molar-refractivity contribution is -0.681. The highest BCUT2D eigenvalue weighted by atomic mass is 35.5. The average Bonchev–Trinajstić information content (AvgIpc) is 3.53. The van der Waals surface area contributed by atoms with E-state index >= 15 is 35.1 Å². The van der Waals surface area contributed by atoms with E-state index in [4.69, 9.17) is 23.2 Å². The van der Waals surface area contributed by atoms with Crippen molar-refractivity contribution in [2.45, 2.75) is 6.54 Å².